The molecule has 6 heteroatoms. The summed E-state index contributed by atoms with van der Waals surface area (Å²) in [5, 5.41) is 5.65. The summed E-state index contributed by atoms with van der Waals surface area (Å²) >= 11 is 0. The van der Waals surface area contributed by atoms with E-state index in [0.29, 0.717) is 44.0 Å². The highest BCUT2D eigenvalue weighted by atomic mass is 16.5. The van der Waals surface area contributed by atoms with Crippen LogP contribution in [-0.2, 0) is 14.3 Å². The average Bonchev–Trinajstić information content (AvgIpc) is 3.35. The molecule has 2 amide bonds. The molecule has 1 aliphatic carbocycles. The minimum atomic E-state index is -0.938. The second-order valence-corrected chi connectivity index (χ2v) is 5.57. The fourth-order valence-corrected chi connectivity index (χ4v) is 2.36. The molecule has 6 nitrogen and oxygen atoms in total. The number of rotatable bonds is 9. The molecule has 0 bridgehead atoms. The van der Waals surface area contributed by atoms with Crippen LogP contribution in [0.4, 0.5) is 5.69 Å². The van der Waals surface area contributed by atoms with Crippen LogP contribution < -0.4 is 15.4 Å². The molecule has 1 aromatic rings. The van der Waals surface area contributed by atoms with E-state index in [2.05, 4.69) is 10.6 Å². The van der Waals surface area contributed by atoms with Gasteiger partial charge in [0.25, 0.3) is 0 Å². The molecule has 0 radical (unpaired) electrons. The first kappa shape index (κ1) is 17.3. The quantitative estimate of drug-likeness (QED) is 0.539. The Labute approximate surface area is 136 Å². The zero-order chi connectivity index (χ0) is 16.7. The van der Waals surface area contributed by atoms with E-state index in [-0.39, 0.29) is 11.8 Å². The topological polar surface area (TPSA) is 76.7 Å². The molecule has 126 valence electrons. The van der Waals surface area contributed by atoms with E-state index in [9.17, 15) is 9.59 Å². The fraction of sp³-hybridized carbons (Fsp3) is 0.529. The van der Waals surface area contributed by atoms with Gasteiger partial charge in [0.15, 0.2) is 0 Å². The Balaban J connectivity index is 1.96. The number of amides is 2. The molecule has 1 saturated carbocycles. The summed E-state index contributed by atoms with van der Waals surface area (Å²) < 4.78 is 10.4. The molecule has 1 aliphatic rings. The number of ether oxygens (including phenoxy) is 2. The maximum atomic E-state index is 12.5. The number of carbonyl (C=O) groups excluding carboxylic acids is 2. The third-order valence-electron chi connectivity index (χ3n) is 3.87. The highest BCUT2D eigenvalue weighted by Crippen LogP contribution is 2.47. The Morgan fingerprint density at radius 2 is 1.96 bits per heavy atom. The minimum absolute atomic E-state index is 0.208. The van der Waals surface area contributed by atoms with Crippen LogP contribution in [0.1, 0.15) is 26.2 Å². The van der Waals surface area contributed by atoms with Gasteiger partial charge in [-0.3, -0.25) is 9.59 Å². The summed E-state index contributed by atoms with van der Waals surface area (Å²) in [5.74, 6) is 0.133. The van der Waals surface area contributed by atoms with Crippen molar-refractivity contribution in [1.82, 2.24) is 5.32 Å². The van der Waals surface area contributed by atoms with Crippen LogP contribution in [-0.4, -0.2) is 38.7 Å². The van der Waals surface area contributed by atoms with E-state index in [1.165, 1.54) is 0 Å². The van der Waals surface area contributed by atoms with E-state index < -0.39 is 5.41 Å². The molecule has 0 atom stereocenters. The van der Waals surface area contributed by atoms with Gasteiger partial charge in [0, 0.05) is 20.3 Å². The van der Waals surface area contributed by atoms with E-state index in [1.807, 2.05) is 19.1 Å². The molecule has 0 saturated heterocycles. The van der Waals surface area contributed by atoms with Crippen LogP contribution in [0.3, 0.4) is 0 Å². The Hall–Kier alpha value is -2.08. The molecule has 2 rings (SSSR count). The molecule has 1 fully saturated rings. The largest absolute Gasteiger partial charge is 0.492 e. The van der Waals surface area contributed by atoms with Crippen LogP contribution in [0.25, 0.3) is 0 Å². The highest BCUT2D eigenvalue weighted by molar-refractivity contribution is 6.13. The molecule has 0 unspecified atom stereocenters. The van der Waals surface area contributed by atoms with Crippen molar-refractivity contribution in [1.29, 1.82) is 0 Å². The lowest BCUT2D eigenvalue weighted by atomic mass is 10.0. The maximum absolute atomic E-state index is 12.5. The number of carbonyl (C=O) groups is 2. The number of para-hydroxylation sites is 2. The summed E-state index contributed by atoms with van der Waals surface area (Å²) in [5.41, 5.74) is -0.343. The fourth-order valence-electron chi connectivity index (χ4n) is 2.36. The van der Waals surface area contributed by atoms with Gasteiger partial charge in [-0.15, -0.1) is 0 Å². The first-order valence-corrected chi connectivity index (χ1v) is 7.94. The van der Waals surface area contributed by atoms with Gasteiger partial charge in [-0.25, -0.2) is 0 Å². The zero-order valence-electron chi connectivity index (χ0n) is 13.7. The molecule has 23 heavy (non-hydrogen) atoms. The second-order valence-electron chi connectivity index (χ2n) is 5.57. The number of benzene rings is 1. The van der Waals surface area contributed by atoms with Gasteiger partial charge in [0.2, 0.25) is 11.8 Å². The maximum Gasteiger partial charge on any atom is 0.240 e. The molecule has 0 aliphatic heterocycles. The average molecular weight is 320 g/mol. The summed E-state index contributed by atoms with van der Waals surface area (Å²) in [4.78, 5) is 24.8. The van der Waals surface area contributed by atoms with Crippen molar-refractivity contribution in [3.63, 3.8) is 0 Å². The smallest absolute Gasteiger partial charge is 0.240 e. The third-order valence-corrected chi connectivity index (χ3v) is 3.87. The van der Waals surface area contributed by atoms with E-state index in [4.69, 9.17) is 9.47 Å². The molecule has 1 aromatic carbocycles. The van der Waals surface area contributed by atoms with Crippen molar-refractivity contribution < 1.29 is 19.1 Å². The SMILES string of the molecule is CCOc1ccccc1NC(=O)C1(C(=O)NCCCOC)CC1. The summed E-state index contributed by atoms with van der Waals surface area (Å²) in [7, 11) is 1.62. The molecule has 0 spiro atoms. The van der Waals surface area contributed by atoms with Crippen LogP contribution in [0.5, 0.6) is 5.75 Å². The normalized spacial score (nSPS) is 14.9. The van der Waals surface area contributed by atoms with Gasteiger partial charge >= 0.3 is 0 Å². The Bertz CT molecular complexity index is 555. The van der Waals surface area contributed by atoms with Crippen molar-refractivity contribution in [2.45, 2.75) is 26.2 Å². The van der Waals surface area contributed by atoms with Gasteiger partial charge in [-0.2, -0.15) is 0 Å². The predicted molar refractivity (Wildman–Crippen MR) is 87.4 cm³/mol. The Kier molecular flexibility index (Phi) is 5.98. The molecule has 0 heterocycles. The van der Waals surface area contributed by atoms with Gasteiger partial charge in [0.05, 0.1) is 12.3 Å². The number of hydrogen-bond acceptors (Lipinski definition) is 4. The molecule has 2 N–H and O–H groups in total. The van der Waals surface area contributed by atoms with Gasteiger partial charge in [0.1, 0.15) is 11.2 Å². The standard InChI is InChI=1S/C17H24N2O4/c1-3-23-14-8-5-4-7-13(14)19-16(21)17(9-10-17)15(20)18-11-6-12-22-2/h4-5,7-8H,3,6,9-12H2,1-2H3,(H,18,20)(H,19,21). The second kappa shape index (κ2) is 7.97. The van der Waals surface area contributed by atoms with E-state index in [0.717, 1.165) is 6.42 Å². The van der Waals surface area contributed by atoms with Crippen molar-refractivity contribution >= 4 is 17.5 Å². The Morgan fingerprint density at radius 3 is 2.61 bits per heavy atom. The number of nitrogens with one attached hydrogen (secondary N) is 2. The summed E-state index contributed by atoms with van der Waals surface area (Å²) in [6.45, 7) is 3.49. The van der Waals surface area contributed by atoms with E-state index in [1.54, 1.807) is 19.2 Å². The van der Waals surface area contributed by atoms with Crippen molar-refractivity contribution in [2.75, 3.05) is 32.2 Å². The lowest BCUT2D eigenvalue weighted by Gasteiger charge is -2.17. The van der Waals surface area contributed by atoms with Gasteiger partial charge in [-0.05, 0) is 38.3 Å². The summed E-state index contributed by atoms with van der Waals surface area (Å²) in [6, 6.07) is 7.23. The van der Waals surface area contributed by atoms with Crippen LogP contribution >= 0.6 is 0 Å². The predicted octanol–water partition coefficient (Wildman–Crippen LogP) is 1.96. The lowest BCUT2D eigenvalue weighted by molar-refractivity contribution is -0.134. The zero-order valence-corrected chi connectivity index (χ0v) is 13.7. The van der Waals surface area contributed by atoms with Crippen molar-refractivity contribution in [3.8, 4) is 5.75 Å². The first-order chi connectivity index (χ1) is 11.1. The van der Waals surface area contributed by atoms with Gasteiger partial charge < -0.3 is 20.1 Å². The number of anilines is 1. The number of hydrogen-bond donors (Lipinski definition) is 2. The molecular formula is C17H24N2O4. The van der Waals surface area contributed by atoms with Crippen LogP contribution in [0, 0.1) is 5.41 Å². The summed E-state index contributed by atoms with van der Waals surface area (Å²) in [6.07, 6.45) is 1.88. The van der Waals surface area contributed by atoms with E-state index >= 15 is 0 Å². The monoisotopic (exact) mass is 320 g/mol. The van der Waals surface area contributed by atoms with Crippen LogP contribution in [0.2, 0.25) is 0 Å². The van der Waals surface area contributed by atoms with Crippen LogP contribution in [0.15, 0.2) is 24.3 Å². The third kappa shape index (κ3) is 4.22. The highest BCUT2D eigenvalue weighted by Gasteiger charge is 2.56. The Morgan fingerprint density at radius 1 is 1.22 bits per heavy atom. The van der Waals surface area contributed by atoms with Gasteiger partial charge in [-0.1, -0.05) is 12.1 Å². The van der Waals surface area contributed by atoms with Crippen molar-refractivity contribution in [2.24, 2.45) is 5.41 Å². The van der Waals surface area contributed by atoms with Crippen molar-refractivity contribution in [3.05, 3.63) is 24.3 Å². The minimum Gasteiger partial charge on any atom is -0.492 e. The first-order valence-electron chi connectivity index (χ1n) is 7.94. The number of methoxy groups -OCH3 is 1. The lowest BCUT2D eigenvalue weighted by Crippen LogP contribution is -2.40. The molecular weight excluding hydrogens is 296 g/mol. The molecule has 0 aromatic heterocycles.